The Bertz CT molecular complexity index is 220. The molecule has 0 aromatic rings. The van der Waals surface area contributed by atoms with Crippen LogP contribution in [0.4, 0.5) is 0 Å². The van der Waals surface area contributed by atoms with Crippen molar-refractivity contribution in [2.45, 2.75) is 82.5 Å². The second kappa shape index (κ2) is 5.53. The van der Waals surface area contributed by atoms with E-state index in [2.05, 4.69) is 41.5 Å². The number of rotatable bonds is 1. The first-order valence-electron chi connectivity index (χ1n) is 6.23. The third-order valence-electron chi connectivity index (χ3n) is 2.78. The van der Waals surface area contributed by atoms with Gasteiger partial charge in [0.1, 0.15) is 0 Å². The van der Waals surface area contributed by atoms with Crippen LogP contribution in [-0.2, 0) is 4.74 Å². The molecular formula is C13H26OS2. The standard InChI is InChI=1S/C13H26OS2/c1-10-8-7-9-11(14-12(2,3)4)13(5,6)16-15-10/h10-11H,7-9H2,1-6H3. The van der Waals surface area contributed by atoms with Crippen LogP contribution < -0.4 is 0 Å². The van der Waals surface area contributed by atoms with E-state index in [9.17, 15) is 0 Å². The first-order chi connectivity index (χ1) is 7.21. The van der Waals surface area contributed by atoms with E-state index in [0.717, 1.165) is 5.25 Å². The molecule has 96 valence electrons. The minimum atomic E-state index is -0.0298. The summed E-state index contributed by atoms with van der Waals surface area (Å²) in [4.78, 5) is 0. The predicted molar refractivity (Wildman–Crippen MR) is 77.2 cm³/mol. The molecule has 0 spiro atoms. The summed E-state index contributed by atoms with van der Waals surface area (Å²) in [5.41, 5.74) is -0.0298. The Balaban J connectivity index is 2.65. The van der Waals surface area contributed by atoms with Gasteiger partial charge in [0.05, 0.1) is 11.7 Å². The maximum absolute atomic E-state index is 6.23. The van der Waals surface area contributed by atoms with Crippen LogP contribution in [0.1, 0.15) is 60.8 Å². The molecule has 2 unspecified atom stereocenters. The van der Waals surface area contributed by atoms with Gasteiger partial charge in [0, 0.05) is 10.00 Å². The van der Waals surface area contributed by atoms with Gasteiger partial charge in [0.25, 0.3) is 0 Å². The molecule has 2 atom stereocenters. The van der Waals surface area contributed by atoms with Crippen LogP contribution in [-0.4, -0.2) is 21.7 Å². The summed E-state index contributed by atoms with van der Waals surface area (Å²) in [6, 6.07) is 0. The molecule has 1 saturated heterocycles. The van der Waals surface area contributed by atoms with Crippen molar-refractivity contribution in [1.29, 1.82) is 0 Å². The molecule has 0 bridgehead atoms. The highest BCUT2D eigenvalue weighted by atomic mass is 33.1. The molecule has 0 N–H and O–H groups in total. The normalized spacial score (nSPS) is 31.9. The molecule has 1 nitrogen and oxygen atoms in total. The van der Waals surface area contributed by atoms with Crippen LogP contribution in [0.2, 0.25) is 0 Å². The van der Waals surface area contributed by atoms with Gasteiger partial charge >= 0.3 is 0 Å². The van der Waals surface area contributed by atoms with E-state index in [-0.39, 0.29) is 10.3 Å². The minimum absolute atomic E-state index is 0.0298. The molecule has 1 aliphatic rings. The van der Waals surface area contributed by atoms with Crippen molar-refractivity contribution in [2.75, 3.05) is 0 Å². The average Bonchev–Trinajstić information content (AvgIpc) is 2.10. The van der Waals surface area contributed by atoms with Gasteiger partial charge in [0.15, 0.2) is 0 Å². The van der Waals surface area contributed by atoms with Crippen LogP contribution in [0.25, 0.3) is 0 Å². The van der Waals surface area contributed by atoms with Gasteiger partial charge in [-0.25, -0.2) is 0 Å². The van der Waals surface area contributed by atoms with Crippen LogP contribution >= 0.6 is 21.6 Å². The fourth-order valence-corrected chi connectivity index (χ4v) is 4.67. The lowest BCUT2D eigenvalue weighted by atomic mass is 9.98. The molecule has 16 heavy (non-hydrogen) atoms. The lowest BCUT2D eigenvalue weighted by molar-refractivity contribution is -0.0755. The van der Waals surface area contributed by atoms with Crippen molar-refractivity contribution in [3.8, 4) is 0 Å². The Kier molecular flexibility index (Phi) is 5.09. The average molecular weight is 262 g/mol. The Morgan fingerprint density at radius 2 is 1.81 bits per heavy atom. The van der Waals surface area contributed by atoms with E-state index in [1.165, 1.54) is 19.3 Å². The van der Waals surface area contributed by atoms with Gasteiger partial charge in [-0.2, -0.15) is 0 Å². The van der Waals surface area contributed by atoms with Crippen molar-refractivity contribution in [2.24, 2.45) is 0 Å². The maximum atomic E-state index is 6.23. The van der Waals surface area contributed by atoms with E-state index in [0.29, 0.717) is 6.10 Å². The summed E-state index contributed by atoms with van der Waals surface area (Å²) in [7, 11) is 4.03. The molecule has 1 fully saturated rings. The molecule has 0 saturated carbocycles. The second-order valence-electron chi connectivity index (χ2n) is 6.24. The summed E-state index contributed by atoms with van der Waals surface area (Å²) in [6.45, 7) is 13.4. The smallest absolute Gasteiger partial charge is 0.0731 e. The lowest BCUT2D eigenvalue weighted by Crippen LogP contribution is -2.41. The Morgan fingerprint density at radius 1 is 1.19 bits per heavy atom. The monoisotopic (exact) mass is 262 g/mol. The number of hydrogen-bond acceptors (Lipinski definition) is 3. The van der Waals surface area contributed by atoms with E-state index >= 15 is 0 Å². The van der Waals surface area contributed by atoms with Crippen LogP contribution in [0.5, 0.6) is 0 Å². The van der Waals surface area contributed by atoms with E-state index in [4.69, 9.17) is 4.74 Å². The first kappa shape index (κ1) is 14.7. The van der Waals surface area contributed by atoms with Gasteiger partial charge in [-0.05, 0) is 53.9 Å². The highest BCUT2D eigenvalue weighted by Gasteiger charge is 2.35. The summed E-state index contributed by atoms with van der Waals surface area (Å²) in [5, 5.41) is 0.778. The number of ether oxygens (including phenoxy) is 1. The molecular weight excluding hydrogens is 236 g/mol. The Hall–Kier alpha value is 0.660. The quantitative estimate of drug-likeness (QED) is 0.622. The summed E-state index contributed by atoms with van der Waals surface area (Å²) in [5.74, 6) is 0. The molecule has 0 amide bonds. The lowest BCUT2D eigenvalue weighted by Gasteiger charge is -2.39. The van der Waals surface area contributed by atoms with Gasteiger partial charge in [-0.1, -0.05) is 28.5 Å². The van der Waals surface area contributed by atoms with Crippen molar-refractivity contribution >= 4 is 21.6 Å². The zero-order chi connectivity index (χ0) is 12.4. The van der Waals surface area contributed by atoms with Crippen LogP contribution in [0, 0.1) is 0 Å². The first-order valence-corrected chi connectivity index (χ1v) is 8.44. The van der Waals surface area contributed by atoms with Crippen LogP contribution in [0.15, 0.2) is 0 Å². The second-order valence-corrected chi connectivity index (χ2v) is 9.54. The summed E-state index contributed by atoms with van der Waals surface area (Å²) in [6.07, 6.45) is 4.18. The van der Waals surface area contributed by atoms with E-state index in [1.54, 1.807) is 0 Å². The third kappa shape index (κ3) is 4.89. The molecule has 1 heterocycles. The molecule has 0 radical (unpaired) electrons. The fraction of sp³-hybridized carbons (Fsp3) is 1.00. The zero-order valence-electron chi connectivity index (χ0n) is 11.5. The minimum Gasteiger partial charge on any atom is -0.371 e. The third-order valence-corrected chi connectivity index (χ3v) is 6.69. The van der Waals surface area contributed by atoms with E-state index in [1.807, 2.05) is 21.6 Å². The SMILES string of the molecule is CC1CCCC(OC(C)(C)C)C(C)(C)SS1. The van der Waals surface area contributed by atoms with Gasteiger partial charge in [0.2, 0.25) is 0 Å². The molecule has 1 aliphatic heterocycles. The summed E-state index contributed by atoms with van der Waals surface area (Å²) >= 11 is 0. The van der Waals surface area contributed by atoms with Crippen molar-refractivity contribution in [1.82, 2.24) is 0 Å². The van der Waals surface area contributed by atoms with Crippen LogP contribution in [0.3, 0.4) is 0 Å². The predicted octanol–water partition coefficient (Wildman–Crippen LogP) is 4.90. The largest absolute Gasteiger partial charge is 0.371 e. The Labute approximate surface area is 109 Å². The molecule has 0 aliphatic carbocycles. The highest BCUT2D eigenvalue weighted by Crippen LogP contribution is 2.46. The molecule has 0 aromatic carbocycles. The molecule has 1 rings (SSSR count). The summed E-state index contributed by atoms with van der Waals surface area (Å²) < 4.78 is 6.45. The number of hydrogen-bond donors (Lipinski definition) is 0. The molecule has 3 heteroatoms. The highest BCUT2D eigenvalue weighted by molar-refractivity contribution is 8.77. The van der Waals surface area contributed by atoms with Gasteiger partial charge in [-0.15, -0.1) is 0 Å². The van der Waals surface area contributed by atoms with Crippen molar-refractivity contribution in [3.05, 3.63) is 0 Å². The van der Waals surface area contributed by atoms with Crippen molar-refractivity contribution in [3.63, 3.8) is 0 Å². The van der Waals surface area contributed by atoms with Gasteiger partial charge in [-0.3, -0.25) is 0 Å². The van der Waals surface area contributed by atoms with E-state index < -0.39 is 0 Å². The Morgan fingerprint density at radius 3 is 2.38 bits per heavy atom. The maximum Gasteiger partial charge on any atom is 0.0731 e. The van der Waals surface area contributed by atoms with Gasteiger partial charge < -0.3 is 4.74 Å². The van der Waals surface area contributed by atoms with Crippen molar-refractivity contribution < 1.29 is 4.74 Å². The molecule has 0 aromatic heterocycles. The topological polar surface area (TPSA) is 9.23 Å². The fourth-order valence-electron chi connectivity index (χ4n) is 1.87. The zero-order valence-corrected chi connectivity index (χ0v) is 13.1.